The lowest BCUT2D eigenvalue weighted by molar-refractivity contribution is 0.112. The van der Waals surface area contributed by atoms with Crippen LogP contribution in [0.1, 0.15) is 15.9 Å². The largest absolute Gasteiger partial charge is 0.298 e. The summed E-state index contributed by atoms with van der Waals surface area (Å²) < 4.78 is 1.92. The van der Waals surface area contributed by atoms with E-state index < -0.39 is 0 Å². The molecule has 1 aromatic heterocycles. The zero-order valence-corrected chi connectivity index (χ0v) is 9.93. The third-order valence-corrected chi connectivity index (χ3v) is 4.00. The van der Waals surface area contributed by atoms with Gasteiger partial charge in [-0.1, -0.05) is 0 Å². The van der Waals surface area contributed by atoms with Gasteiger partial charge < -0.3 is 0 Å². The van der Waals surface area contributed by atoms with Crippen LogP contribution in [0, 0.1) is 14.9 Å². The molecule has 4 heteroatoms. The molecule has 68 valence electrons. The summed E-state index contributed by atoms with van der Waals surface area (Å²) in [4.78, 5) is 10.8. The molecule has 0 saturated heterocycles. The van der Waals surface area contributed by atoms with Crippen molar-refractivity contribution in [3.8, 4) is 6.07 Å². The minimum absolute atomic E-state index is 0.458. The third-order valence-electron chi connectivity index (χ3n) is 1.97. The Morgan fingerprint density at radius 2 is 2.36 bits per heavy atom. The number of thiophene rings is 1. The van der Waals surface area contributed by atoms with Gasteiger partial charge in [-0.2, -0.15) is 5.26 Å². The predicted octanol–water partition coefficient (Wildman–Crippen LogP) is 3.19. The maximum absolute atomic E-state index is 10.8. The minimum Gasteiger partial charge on any atom is -0.298 e. The van der Waals surface area contributed by atoms with E-state index in [0.29, 0.717) is 11.1 Å². The van der Waals surface area contributed by atoms with E-state index in [1.54, 1.807) is 17.4 Å². The SMILES string of the molecule is N#Cc1cc2sccc2c(I)c1C=O. The van der Waals surface area contributed by atoms with Crippen molar-refractivity contribution in [3.63, 3.8) is 0 Å². The number of hydrogen-bond acceptors (Lipinski definition) is 3. The number of nitriles is 1. The molecule has 0 atom stereocenters. The van der Waals surface area contributed by atoms with Gasteiger partial charge in [-0.05, 0) is 40.1 Å². The first kappa shape index (κ1) is 9.62. The summed E-state index contributed by atoms with van der Waals surface area (Å²) in [5, 5.41) is 11.9. The first-order valence-electron chi connectivity index (χ1n) is 3.83. The van der Waals surface area contributed by atoms with E-state index in [4.69, 9.17) is 5.26 Å². The van der Waals surface area contributed by atoms with Gasteiger partial charge in [0, 0.05) is 19.2 Å². The van der Waals surface area contributed by atoms with E-state index in [0.717, 1.165) is 19.9 Å². The highest BCUT2D eigenvalue weighted by Crippen LogP contribution is 2.29. The third kappa shape index (κ3) is 1.33. The van der Waals surface area contributed by atoms with Gasteiger partial charge in [0.05, 0.1) is 11.6 Å². The Kier molecular flexibility index (Phi) is 2.52. The standard InChI is InChI=1S/C10H4INOS/c11-10-7-1-2-14-9(7)3-6(4-12)8(10)5-13/h1-3,5H. The number of hydrogen-bond donors (Lipinski definition) is 0. The molecular weight excluding hydrogens is 309 g/mol. The molecule has 2 rings (SSSR count). The van der Waals surface area contributed by atoms with Crippen molar-refractivity contribution >= 4 is 50.3 Å². The van der Waals surface area contributed by atoms with Crippen LogP contribution in [0.5, 0.6) is 0 Å². The first-order chi connectivity index (χ1) is 6.77. The van der Waals surface area contributed by atoms with Gasteiger partial charge in [-0.25, -0.2) is 0 Å². The van der Waals surface area contributed by atoms with Crippen LogP contribution in [0.4, 0.5) is 0 Å². The number of rotatable bonds is 1. The molecule has 0 saturated carbocycles. The predicted molar refractivity (Wildman–Crippen MR) is 64.6 cm³/mol. The second-order valence-electron chi connectivity index (χ2n) is 2.71. The van der Waals surface area contributed by atoms with Crippen molar-refractivity contribution in [1.29, 1.82) is 5.26 Å². The lowest BCUT2D eigenvalue weighted by Gasteiger charge is -2.00. The highest BCUT2D eigenvalue weighted by molar-refractivity contribution is 14.1. The van der Waals surface area contributed by atoms with Crippen LogP contribution in [0.25, 0.3) is 10.1 Å². The molecule has 0 N–H and O–H groups in total. The van der Waals surface area contributed by atoms with Crippen molar-refractivity contribution in [2.75, 3.05) is 0 Å². The average Bonchev–Trinajstić information content (AvgIpc) is 2.65. The smallest absolute Gasteiger partial charge is 0.152 e. The van der Waals surface area contributed by atoms with E-state index in [1.807, 2.05) is 17.5 Å². The molecule has 1 aromatic carbocycles. The fraction of sp³-hybridized carbons (Fsp3) is 0. The van der Waals surface area contributed by atoms with Crippen molar-refractivity contribution < 1.29 is 4.79 Å². The Morgan fingerprint density at radius 1 is 1.57 bits per heavy atom. The summed E-state index contributed by atoms with van der Waals surface area (Å²) >= 11 is 3.69. The van der Waals surface area contributed by atoms with Crippen LogP contribution in [0.2, 0.25) is 0 Å². The summed E-state index contributed by atoms with van der Waals surface area (Å²) in [5.41, 5.74) is 0.957. The zero-order chi connectivity index (χ0) is 10.1. The molecule has 0 amide bonds. The molecule has 14 heavy (non-hydrogen) atoms. The number of benzene rings is 1. The van der Waals surface area contributed by atoms with Gasteiger partial charge >= 0.3 is 0 Å². The maximum Gasteiger partial charge on any atom is 0.152 e. The molecule has 0 aliphatic heterocycles. The van der Waals surface area contributed by atoms with Crippen molar-refractivity contribution in [1.82, 2.24) is 0 Å². The minimum atomic E-state index is 0.458. The fourth-order valence-electron chi connectivity index (χ4n) is 1.29. The normalized spacial score (nSPS) is 10.0. The highest BCUT2D eigenvalue weighted by Gasteiger charge is 2.10. The number of fused-ring (bicyclic) bond motifs is 1. The topological polar surface area (TPSA) is 40.9 Å². The van der Waals surface area contributed by atoms with Crippen LogP contribution in [-0.4, -0.2) is 6.29 Å². The lowest BCUT2D eigenvalue weighted by Crippen LogP contribution is -1.91. The number of carbonyl (C=O) groups excluding carboxylic acids is 1. The molecule has 1 heterocycles. The molecule has 0 aliphatic carbocycles. The summed E-state index contributed by atoms with van der Waals surface area (Å²) in [7, 11) is 0. The lowest BCUT2D eigenvalue weighted by atomic mass is 10.1. The highest BCUT2D eigenvalue weighted by atomic mass is 127. The first-order valence-corrected chi connectivity index (χ1v) is 5.78. The molecule has 2 nitrogen and oxygen atoms in total. The zero-order valence-electron chi connectivity index (χ0n) is 6.95. The Bertz CT molecular complexity index is 553. The number of halogens is 1. The quantitative estimate of drug-likeness (QED) is 0.599. The van der Waals surface area contributed by atoms with Gasteiger partial charge in [0.25, 0.3) is 0 Å². The summed E-state index contributed by atoms with van der Waals surface area (Å²) in [6.07, 6.45) is 0.747. The van der Waals surface area contributed by atoms with E-state index >= 15 is 0 Å². The van der Waals surface area contributed by atoms with Crippen LogP contribution < -0.4 is 0 Å². The molecule has 0 spiro atoms. The van der Waals surface area contributed by atoms with E-state index in [9.17, 15) is 4.79 Å². The van der Waals surface area contributed by atoms with Gasteiger partial charge in [0.15, 0.2) is 6.29 Å². The Hall–Kier alpha value is -0.930. The van der Waals surface area contributed by atoms with Crippen molar-refractivity contribution in [3.05, 3.63) is 32.2 Å². The molecule has 0 fully saturated rings. The molecular formula is C10H4INOS. The summed E-state index contributed by atoms with van der Waals surface area (Å²) in [6.45, 7) is 0. The molecule has 0 unspecified atom stereocenters. The summed E-state index contributed by atoms with van der Waals surface area (Å²) in [5.74, 6) is 0. The number of carbonyl (C=O) groups is 1. The van der Waals surface area contributed by atoms with Gasteiger partial charge in [0.1, 0.15) is 0 Å². The van der Waals surface area contributed by atoms with Crippen LogP contribution in [-0.2, 0) is 0 Å². The second-order valence-corrected chi connectivity index (χ2v) is 4.74. The summed E-state index contributed by atoms with van der Waals surface area (Å²) in [6, 6.07) is 5.78. The van der Waals surface area contributed by atoms with Gasteiger partial charge in [-0.15, -0.1) is 11.3 Å². The van der Waals surface area contributed by atoms with E-state index in [-0.39, 0.29) is 0 Å². The Balaban J connectivity index is 2.94. The van der Waals surface area contributed by atoms with Crippen molar-refractivity contribution in [2.24, 2.45) is 0 Å². The second kappa shape index (κ2) is 3.67. The Labute approximate surface area is 98.3 Å². The monoisotopic (exact) mass is 313 g/mol. The fourth-order valence-corrected chi connectivity index (χ4v) is 3.20. The van der Waals surface area contributed by atoms with Crippen LogP contribution in [0.15, 0.2) is 17.5 Å². The Morgan fingerprint density at radius 3 is 3.00 bits per heavy atom. The van der Waals surface area contributed by atoms with Gasteiger partial charge in [0.2, 0.25) is 0 Å². The maximum atomic E-state index is 10.8. The molecule has 0 bridgehead atoms. The van der Waals surface area contributed by atoms with E-state index in [1.165, 1.54) is 0 Å². The van der Waals surface area contributed by atoms with E-state index in [2.05, 4.69) is 22.6 Å². The van der Waals surface area contributed by atoms with Crippen molar-refractivity contribution in [2.45, 2.75) is 0 Å². The number of aldehydes is 1. The molecule has 0 aliphatic rings. The molecule has 0 radical (unpaired) electrons. The van der Waals surface area contributed by atoms with Crippen LogP contribution in [0.3, 0.4) is 0 Å². The average molecular weight is 313 g/mol. The van der Waals surface area contributed by atoms with Crippen LogP contribution >= 0.6 is 33.9 Å². The molecule has 2 aromatic rings. The number of nitrogens with zero attached hydrogens (tertiary/aromatic N) is 1. The van der Waals surface area contributed by atoms with Gasteiger partial charge in [-0.3, -0.25) is 4.79 Å².